The van der Waals surface area contributed by atoms with E-state index in [1.165, 1.54) is 0 Å². The first-order chi connectivity index (χ1) is 9.08. The molecule has 2 aromatic rings. The molecular formula is C13H19N3OS2. The second kappa shape index (κ2) is 6.43. The third-order valence-electron chi connectivity index (χ3n) is 2.84. The molecule has 0 spiro atoms. The molecule has 0 radical (unpaired) electrons. The Hall–Kier alpha value is -1.01. The van der Waals surface area contributed by atoms with E-state index < -0.39 is 10.8 Å². The molecule has 19 heavy (non-hydrogen) atoms. The van der Waals surface area contributed by atoms with Crippen LogP contribution in [0.5, 0.6) is 0 Å². The molecular weight excluding hydrogens is 278 g/mol. The Bertz CT molecular complexity index is 534. The average Bonchev–Trinajstić information content (AvgIpc) is 2.99. The molecule has 0 amide bonds. The minimum atomic E-state index is -0.962. The van der Waals surface area contributed by atoms with Gasteiger partial charge in [-0.1, -0.05) is 19.9 Å². The van der Waals surface area contributed by atoms with E-state index >= 15 is 0 Å². The standard InChI is InChI=1S/C13H19N3OS2/c1-10(2)7-16-13(14-9-15-16)8-19(17)11(3)12-5-4-6-18-12/h4-6,9-11H,7-8H2,1-3H3/t11-,19+/m1/s1. The summed E-state index contributed by atoms with van der Waals surface area (Å²) in [5, 5.41) is 6.27. The highest BCUT2D eigenvalue weighted by Gasteiger charge is 2.17. The largest absolute Gasteiger partial charge is 0.258 e. The Morgan fingerprint density at radius 3 is 2.84 bits per heavy atom. The van der Waals surface area contributed by atoms with Crippen LogP contribution in [0.2, 0.25) is 0 Å². The van der Waals surface area contributed by atoms with Crippen molar-refractivity contribution in [3.63, 3.8) is 0 Å². The van der Waals surface area contributed by atoms with Crippen LogP contribution >= 0.6 is 11.3 Å². The van der Waals surface area contributed by atoms with Crippen molar-refractivity contribution in [3.8, 4) is 0 Å². The maximum Gasteiger partial charge on any atom is 0.139 e. The number of aromatic nitrogens is 3. The lowest BCUT2D eigenvalue weighted by molar-refractivity contribution is 0.471. The van der Waals surface area contributed by atoms with Crippen molar-refractivity contribution in [2.24, 2.45) is 5.92 Å². The van der Waals surface area contributed by atoms with Crippen LogP contribution in [-0.2, 0) is 23.1 Å². The van der Waals surface area contributed by atoms with Gasteiger partial charge in [0.25, 0.3) is 0 Å². The number of hydrogen-bond acceptors (Lipinski definition) is 4. The van der Waals surface area contributed by atoms with Gasteiger partial charge in [-0.2, -0.15) is 5.10 Å². The third kappa shape index (κ3) is 3.73. The Balaban J connectivity index is 2.05. The van der Waals surface area contributed by atoms with Gasteiger partial charge in [0.05, 0.1) is 11.0 Å². The Morgan fingerprint density at radius 2 is 2.21 bits per heavy atom. The van der Waals surface area contributed by atoms with E-state index in [0.29, 0.717) is 11.7 Å². The molecule has 0 aliphatic rings. The average molecular weight is 297 g/mol. The van der Waals surface area contributed by atoms with Gasteiger partial charge in [-0.05, 0) is 24.3 Å². The van der Waals surface area contributed by atoms with Gasteiger partial charge in [-0.15, -0.1) is 11.3 Å². The Labute approximate surface area is 120 Å². The summed E-state index contributed by atoms with van der Waals surface area (Å²) in [4.78, 5) is 5.40. The topological polar surface area (TPSA) is 47.8 Å². The van der Waals surface area contributed by atoms with Crippen LogP contribution in [0.1, 0.15) is 36.7 Å². The number of nitrogens with zero attached hydrogens (tertiary/aromatic N) is 3. The molecule has 0 bridgehead atoms. The second-order valence-electron chi connectivity index (χ2n) is 4.93. The second-order valence-corrected chi connectivity index (χ2v) is 7.67. The quantitative estimate of drug-likeness (QED) is 0.823. The molecule has 6 heteroatoms. The number of rotatable bonds is 6. The predicted molar refractivity (Wildman–Crippen MR) is 79.4 cm³/mol. The molecule has 2 aromatic heterocycles. The Kier molecular flexibility index (Phi) is 4.87. The highest BCUT2D eigenvalue weighted by molar-refractivity contribution is 7.84. The smallest absolute Gasteiger partial charge is 0.139 e. The molecule has 0 unspecified atom stereocenters. The van der Waals surface area contributed by atoms with Gasteiger partial charge in [-0.3, -0.25) is 4.21 Å². The van der Waals surface area contributed by atoms with E-state index in [1.54, 1.807) is 17.7 Å². The van der Waals surface area contributed by atoms with Crippen LogP contribution in [-0.4, -0.2) is 19.0 Å². The first-order valence-corrected chi connectivity index (χ1v) is 8.61. The van der Waals surface area contributed by atoms with Gasteiger partial charge in [0.15, 0.2) is 0 Å². The molecule has 0 saturated heterocycles. The first kappa shape index (κ1) is 14.4. The van der Waals surface area contributed by atoms with Crippen molar-refractivity contribution in [2.45, 2.75) is 38.3 Å². The summed E-state index contributed by atoms with van der Waals surface area (Å²) >= 11 is 1.65. The van der Waals surface area contributed by atoms with Crippen LogP contribution in [0.25, 0.3) is 0 Å². The highest BCUT2D eigenvalue weighted by Crippen LogP contribution is 2.25. The van der Waals surface area contributed by atoms with E-state index in [9.17, 15) is 4.21 Å². The maximum absolute atomic E-state index is 12.4. The van der Waals surface area contributed by atoms with Gasteiger partial charge >= 0.3 is 0 Å². The molecule has 2 heterocycles. The normalized spacial score (nSPS) is 14.7. The Morgan fingerprint density at radius 1 is 1.42 bits per heavy atom. The third-order valence-corrected chi connectivity index (χ3v) is 5.63. The number of thiophene rings is 1. The predicted octanol–water partition coefficient (Wildman–Crippen LogP) is 3.01. The molecule has 0 aromatic carbocycles. The fourth-order valence-electron chi connectivity index (χ4n) is 1.80. The molecule has 4 nitrogen and oxygen atoms in total. The molecule has 2 atom stereocenters. The van der Waals surface area contributed by atoms with E-state index in [-0.39, 0.29) is 5.25 Å². The highest BCUT2D eigenvalue weighted by atomic mass is 32.2. The molecule has 0 saturated carbocycles. The van der Waals surface area contributed by atoms with E-state index in [2.05, 4.69) is 23.9 Å². The van der Waals surface area contributed by atoms with Crippen molar-refractivity contribution in [1.29, 1.82) is 0 Å². The van der Waals surface area contributed by atoms with Crippen molar-refractivity contribution >= 4 is 22.1 Å². The van der Waals surface area contributed by atoms with Crippen molar-refractivity contribution < 1.29 is 4.21 Å². The lowest BCUT2D eigenvalue weighted by atomic mass is 10.2. The summed E-state index contributed by atoms with van der Waals surface area (Å²) in [5.74, 6) is 1.78. The van der Waals surface area contributed by atoms with Gasteiger partial charge in [0.1, 0.15) is 12.2 Å². The molecule has 0 aliphatic heterocycles. The molecule has 2 rings (SSSR count). The minimum Gasteiger partial charge on any atom is -0.258 e. The molecule has 0 aliphatic carbocycles. The zero-order valence-electron chi connectivity index (χ0n) is 11.4. The summed E-state index contributed by atoms with van der Waals surface area (Å²) in [6, 6.07) is 4.03. The van der Waals surface area contributed by atoms with Crippen molar-refractivity contribution in [2.75, 3.05) is 0 Å². The van der Waals surface area contributed by atoms with E-state index in [1.807, 2.05) is 29.1 Å². The zero-order chi connectivity index (χ0) is 13.8. The van der Waals surface area contributed by atoms with Crippen molar-refractivity contribution in [3.05, 3.63) is 34.5 Å². The summed E-state index contributed by atoms with van der Waals surface area (Å²) in [7, 11) is -0.962. The van der Waals surface area contributed by atoms with Gasteiger partial charge in [0.2, 0.25) is 0 Å². The molecule has 0 fully saturated rings. The number of hydrogen-bond donors (Lipinski definition) is 0. The fourth-order valence-corrected chi connectivity index (χ4v) is 4.02. The molecule has 104 valence electrons. The lowest BCUT2D eigenvalue weighted by Gasteiger charge is -2.11. The minimum absolute atomic E-state index is 0.0456. The summed E-state index contributed by atoms with van der Waals surface area (Å²) in [5.41, 5.74) is 0. The fraction of sp³-hybridized carbons (Fsp3) is 0.538. The zero-order valence-corrected chi connectivity index (χ0v) is 13.1. The van der Waals surface area contributed by atoms with E-state index in [0.717, 1.165) is 17.2 Å². The van der Waals surface area contributed by atoms with Crippen molar-refractivity contribution in [1.82, 2.24) is 14.8 Å². The van der Waals surface area contributed by atoms with E-state index in [4.69, 9.17) is 0 Å². The van der Waals surface area contributed by atoms with Crippen LogP contribution in [0.4, 0.5) is 0 Å². The van der Waals surface area contributed by atoms with Gasteiger partial charge in [-0.25, -0.2) is 9.67 Å². The summed E-state index contributed by atoms with van der Waals surface area (Å²) in [6.07, 6.45) is 1.55. The van der Waals surface area contributed by atoms with Gasteiger partial charge < -0.3 is 0 Å². The van der Waals surface area contributed by atoms with Crippen LogP contribution in [0, 0.1) is 5.92 Å². The lowest BCUT2D eigenvalue weighted by Crippen LogP contribution is -2.13. The maximum atomic E-state index is 12.4. The monoisotopic (exact) mass is 297 g/mol. The van der Waals surface area contributed by atoms with Crippen LogP contribution in [0.3, 0.4) is 0 Å². The van der Waals surface area contributed by atoms with Crippen LogP contribution in [0.15, 0.2) is 23.8 Å². The van der Waals surface area contributed by atoms with Gasteiger partial charge in [0, 0.05) is 22.2 Å². The van der Waals surface area contributed by atoms with Crippen LogP contribution < -0.4 is 0 Å². The summed E-state index contributed by atoms with van der Waals surface area (Å²) < 4.78 is 14.2. The molecule has 0 N–H and O–H groups in total. The SMILES string of the molecule is CC(C)Cn1ncnc1C[S@](=O)[C@H](C)c1cccs1. The summed E-state index contributed by atoms with van der Waals surface area (Å²) in [6.45, 7) is 7.10. The first-order valence-electron chi connectivity index (χ1n) is 6.35.